The minimum atomic E-state index is -0.347. The van der Waals surface area contributed by atoms with Gasteiger partial charge in [-0.15, -0.1) is 0 Å². The predicted molar refractivity (Wildman–Crippen MR) is 77.7 cm³/mol. The van der Waals surface area contributed by atoms with Crippen LogP contribution < -0.4 is 0 Å². The van der Waals surface area contributed by atoms with Crippen LogP contribution >= 0.6 is 23.5 Å². The zero-order chi connectivity index (χ0) is 13.5. The normalized spacial score (nSPS) is 11.2. The van der Waals surface area contributed by atoms with Crippen molar-refractivity contribution in [3.63, 3.8) is 0 Å². The van der Waals surface area contributed by atoms with Crippen molar-refractivity contribution >= 4 is 29.8 Å². The van der Waals surface area contributed by atoms with Gasteiger partial charge in [0.15, 0.2) is 0 Å². The fraction of sp³-hybridized carbons (Fsp3) is 0.462. The number of hydrogen-bond acceptors (Lipinski definition) is 2. The molecule has 1 aromatic carbocycles. The second-order valence-corrected chi connectivity index (χ2v) is 6.16. The van der Waals surface area contributed by atoms with E-state index in [1.807, 2.05) is 34.6 Å². The number of halogens is 2. The van der Waals surface area contributed by atoms with Crippen LogP contribution in [-0.4, -0.2) is 11.0 Å². The highest BCUT2D eigenvalue weighted by molar-refractivity contribution is 7.99. The van der Waals surface area contributed by atoms with E-state index in [0.29, 0.717) is 10.6 Å². The molecule has 96 valence electrons. The third kappa shape index (κ3) is 7.40. The lowest BCUT2D eigenvalue weighted by atomic mass is 10.2. The molecule has 0 atom stereocenters. The topological polar surface area (TPSA) is 12.4 Å². The summed E-state index contributed by atoms with van der Waals surface area (Å²) in [6.07, 6.45) is 1.52. The molecule has 0 saturated carbocycles. The summed E-state index contributed by atoms with van der Waals surface area (Å²) < 4.78 is 17.4. The first-order valence-electron chi connectivity index (χ1n) is 5.55. The molecule has 4 heteroatoms. The van der Waals surface area contributed by atoms with Crippen LogP contribution in [0.1, 0.15) is 40.2 Å². The fourth-order valence-corrected chi connectivity index (χ4v) is 1.49. The van der Waals surface area contributed by atoms with Crippen molar-refractivity contribution in [1.82, 2.24) is 0 Å². The molecule has 0 radical (unpaired) electrons. The molecule has 0 amide bonds. The minimum Gasteiger partial charge on any atom is -0.223 e. The van der Waals surface area contributed by atoms with Crippen molar-refractivity contribution in [3.8, 4) is 0 Å². The third-order valence-electron chi connectivity index (χ3n) is 1.48. The maximum Gasteiger partial charge on any atom is 0.133 e. The standard InChI is InChI=1S/C11H13ClFNS.C2H6/c1-11(2,3)15-14-7-8-4-5-9(12)6-10(8)13;1-2/h4-7H,1-3H3;1-2H3/b14-7+;. The molecular formula is C13H19ClFNS. The van der Waals surface area contributed by atoms with Gasteiger partial charge in [-0.25, -0.2) is 8.79 Å². The van der Waals surface area contributed by atoms with E-state index in [4.69, 9.17) is 11.6 Å². The molecule has 1 aromatic rings. The summed E-state index contributed by atoms with van der Waals surface area (Å²) in [5, 5.41) is 0.396. The van der Waals surface area contributed by atoms with E-state index in [9.17, 15) is 4.39 Å². The lowest BCUT2D eigenvalue weighted by molar-refractivity contribution is 0.626. The Bertz CT molecular complexity index is 372. The van der Waals surface area contributed by atoms with Crippen molar-refractivity contribution in [2.24, 2.45) is 4.40 Å². The Hall–Kier alpha value is -0.540. The van der Waals surface area contributed by atoms with E-state index in [1.165, 1.54) is 24.2 Å². The second kappa shape index (κ2) is 7.72. The molecule has 0 unspecified atom stereocenters. The van der Waals surface area contributed by atoms with Crippen molar-refractivity contribution < 1.29 is 4.39 Å². The summed E-state index contributed by atoms with van der Waals surface area (Å²) in [7, 11) is 0. The summed E-state index contributed by atoms with van der Waals surface area (Å²) in [6.45, 7) is 10.1. The van der Waals surface area contributed by atoms with Gasteiger partial charge in [0.25, 0.3) is 0 Å². The van der Waals surface area contributed by atoms with Crippen LogP contribution in [0.4, 0.5) is 4.39 Å². The molecule has 0 aliphatic rings. The van der Waals surface area contributed by atoms with Crippen molar-refractivity contribution in [2.45, 2.75) is 39.4 Å². The molecule has 0 aliphatic heterocycles. The van der Waals surface area contributed by atoms with Crippen LogP contribution in [-0.2, 0) is 0 Å². The first kappa shape index (κ1) is 16.5. The first-order chi connectivity index (χ1) is 7.88. The Labute approximate surface area is 113 Å². The molecule has 0 aromatic heterocycles. The van der Waals surface area contributed by atoms with Gasteiger partial charge < -0.3 is 0 Å². The monoisotopic (exact) mass is 275 g/mol. The summed E-state index contributed by atoms with van der Waals surface area (Å²) in [5.74, 6) is -0.347. The summed E-state index contributed by atoms with van der Waals surface area (Å²) >= 11 is 7.04. The van der Waals surface area contributed by atoms with Crippen LogP contribution in [0, 0.1) is 5.82 Å². The van der Waals surface area contributed by atoms with Crippen LogP contribution in [0.15, 0.2) is 22.6 Å². The summed E-state index contributed by atoms with van der Waals surface area (Å²) in [5.41, 5.74) is 0.455. The number of nitrogens with zero attached hydrogens (tertiary/aromatic N) is 1. The molecule has 0 bridgehead atoms. The summed E-state index contributed by atoms with van der Waals surface area (Å²) in [4.78, 5) is 0. The van der Waals surface area contributed by atoms with Gasteiger partial charge in [-0.1, -0.05) is 25.4 Å². The SMILES string of the molecule is CC.CC(C)(C)S/N=C/c1ccc(Cl)cc1F. The fourth-order valence-electron chi connectivity index (χ4n) is 0.847. The smallest absolute Gasteiger partial charge is 0.133 e. The number of benzene rings is 1. The Morgan fingerprint density at radius 3 is 2.35 bits per heavy atom. The van der Waals surface area contributed by atoms with E-state index >= 15 is 0 Å². The Morgan fingerprint density at radius 2 is 1.88 bits per heavy atom. The van der Waals surface area contributed by atoms with Crippen molar-refractivity contribution in [1.29, 1.82) is 0 Å². The van der Waals surface area contributed by atoms with Crippen molar-refractivity contribution in [3.05, 3.63) is 34.6 Å². The average Bonchev–Trinajstić information content (AvgIpc) is 2.23. The lowest BCUT2D eigenvalue weighted by Crippen LogP contribution is -2.05. The van der Waals surface area contributed by atoms with E-state index in [0.717, 1.165) is 0 Å². The van der Waals surface area contributed by atoms with Crippen LogP contribution in [0.5, 0.6) is 0 Å². The maximum absolute atomic E-state index is 13.3. The molecule has 0 fully saturated rings. The Morgan fingerprint density at radius 1 is 1.29 bits per heavy atom. The quantitative estimate of drug-likeness (QED) is 0.522. The molecule has 0 N–H and O–H groups in total. The highest BCUT2D eigenvalue weighted by atomic mass is 35.5. The molecule has 17 heavy (non-hydrogen) atoms. The van der Waals surface area contributed by atoms with E-state index < -0.39 is 0 Å². The molecule has 0 heterocycles. The van der Waals surface area contributed by atoms with Gasteiger partial charge in [0, 0.05) is 21.5 Å². The molecule has 1 nitrogen and oxygen atoms in total. The van der Waals surface area contributed by atoms with Gasteiger partial charge in [-0.3, -0.25) is 0 Å². The molecule has 0 saturated heterocycles. The molecule has 0 aliphatic carbocycles. The highest BCUT2D eigenvalue weighted by Crippen LogP contribution is 2.24. The second-order valence-electron chi connectivity index (χ2n) is 4.10. The van der Waals surface area contributed by atoms with Gasteiger partial charge in [-0.05, 0) is 50.9 Å². The van der Waals surface area contributed by atoms with Crippen LogP contribution in [0.3, 0.4) is 0 Å². The largest absolute Gasteiger partial charge is 0.223 e. The van der Waals surface area contributed by atoms with Gasteiger partial charge >= 0.3 is 0 Å². The molecule has 1 rings (SSSR count). The minimum absolute atomic E-state index is 0.0411. The zero-order valence-corrected chi connectivity index (χ0v) is 12.5. The van der Waals surface area contributed by atoms with Gasteiger partial charge in [-0.2, -0.15) is 0 Å². The molecule has 0 spiro atoms. The van der Waals surface area contributed by atoms with Crippen molar-refractivity contribution in [2.75, 3.05) is 0 Å². The number of rotatable bonds is 2. The van der Waals surface area contributed by atoms with Crippen LogP contribution in [0.25, 0.3) is 0 Å². The van der Waals surface area contributed by atoms with Gasteiger partial charge in [0.1, 0.15) is 5.82 Å². The van der Waals surface area contributed by atoms with E-state index in [1.54, 1.807) is 12.1 Å². The van der Waals surface area contributed by atoms with Gasteiger partial charge in [0.05, 0.1) is 0 Å². The Balaban J connectivity index is 0.00000121. The van der Waals surface area contributed by atoms with E-state index in [-0.39, 0.29) is 10.6 Å². The zero-order valence-electron chi connectivity index (χ0n) is 10.9. The Kier molecular flexibility index (Phi) is 7.48. The number of hydrogen-bond donors (Lipinski definition) is 0. The molecular weight excluding hydrogens is 257 g/mol. The average molecular weight is 276 g/mol. The third-order valence-corrected chi connectivity index (χ3v) is 2.47. The van der Waals surface area contributed by atoms with Gasteiger partial charge in [0.2, 0.25) is 0 Å². The lowest BCUT2D eigenvalue weighted by Gasteiger charge is -2.12. The van der Waals surface area contributed by atoms with Crippen LogP contribution in [0.2, 0.25) is 5.02 Å². The maximum atomic E-state index is 13.3. The summed E-state index contributed by atoms with van der Waals surface area (Å²) in [6, 6.07) is 4.54. The predicted octanol–water partition coefficient (Wildman–Crippen LogP) is 5.37. The van der Waals surface area contributed by atoms with E-state index in [2.05, 4.69) is 4.40 Å². The highest BCUT2D eigenvalue weighted by Gasteiger charge is 2.09. The first-order valence-corrected chi connectivity index (χ1v) is 6.70.